The molecule has 0 amide bonds. The van der Waals surface area contributed by atoms with Crippen molar-refractivity contribution in [3.8, 4) is 0 Å². The van der Waals surface area contributed by atoms with Crippen LogP contribution in [0.4, 0.5) is 0 Å². The molecule has 0 N–H and O–H groups in total. The molecular weight excluding hydrogens is 114 g/mol. The summed E-state index contributed by atoms with van der Waals surface area (Å²) in [7, 11) is -0.141. The van der Waals surface area contributed by atoms with E-state index in [1.807, 2.05) is 0 Å². The fraction of sp³-hybridized carbons (Fsp3) is 1.00. The van der Waals surface area contributed by atoms with E-state index in [2.05, 4.69) is 31.5 Å². The molecule has 0 aromatic rings. The Labute approximate surface area is 54.4 Å². The van der Waals surface area contributed by atoms with Crippen LogP contribution in [0.3, 0.4) is 0 Å². The first kappa shape index (κ1) is 8.18. The topological polar surface area (TPSA) is 3.24 Å². The average molecular weight is 130 g/mol. The molecule has 0 saturated heterocycles. The molecule has 0 fully saturated rings. The van der Waals surface area contributed by atoms with E-state index < -0.39 is 0 Å². The lowest BCUT2D eigenvalue weighted by atomic mass is 10.7. The van der Waals surface area contributed by atoms with E-state index in [1.54, 1.807) is 0 Å². The summed E-state index contributed by atoms with van der Waals surface area (Å²) in [6.07, 6.45) is 0. The Kier molecular flexibility index (Phi) is 4.19. The molecule has 1 radical (unpaired) electrons. The summed E-state index contributed by atoms with van der Waals surface area (Å²) in [5, 5.41) is 0. The van der Waals surface area contributed by atoms with Crippen molar-refractivity contribution in [3.05, 3.63) is 0 Å². The molecule has 0 aromatic heterocycles. The van der Waals surface area contributed by atoms with Gasteiger partial charge in [0.05, 0.1) is 0 Å². The lowest BCUT2D eigenvalue weighted by Crippen LogP contribution is -2.33. The van der Waals surface area contributed by atoms with E-state index in [0.717, 1.165) is 0 Å². The van der Waals surface area contributed by atoms with Crippen LogP contribution in [0.5, 0.6) is 0 Å². The number of hydrogen-bond donors (Lipinski definition) is 0. The van der Waals surface area contributed by atoms with Crippen molar-refractivity contribution >= 4 is 8.96 Å². The van der Waals surface area contributed by atoms with Gasteiger partial charge in [0, 0.05) is 0 Å². The molecule has 1 nitrogen and oxygen atoms in total. The van der Waals surface area contributed by atoms with E-state index in [9.17, 15) is 0 Å². The normalized spacial score (nSPS) is 11.2. The van der Waals surface area contributed by atoms with Crippen LogP contribution >= 0.6 is 0 Å². The molecule has 0 atom stereocenters. The third-order valence-corrected chi connectivity index (χ3v) is 3.29. The van der Waals surface area contributed by atoms with Gasteiger partial charge in [-0.2, -0.15) is 0 Å². The summed E-state index contributed by atoms with van der Waals surface area (Å²) in [5.41, 5.74) is 0. The summed E-state index contributed by atoms with van der Waals surface area (Å²) in [6.45, 7) is 11.5. The quantitative estimate of drug-likeness (QED) is 0.524. The van der Waals surface area contributed by atoms with Crippen LogP contribution in [-0.2, 0) is 0 Å². The highest BCUT2D eigenvalue weighted by atomic mass is 28.3. The predicted octanol–water partition coefficient (Wildman–Crippen LogP) is 1.58. The zero-order valence-electron chi connectivity index (χ0n) is 6.36. The number of hydrogen-bond acceptors (Lipinski definition) is 1. The molecule has 8 heavy (non-hydrogen) atoms. The molecule has 2 heteroatoms. The second-order valence-corrected chi connectivity index (χ2v) is 4.65. The smallest absolute Gasteiger partial charge is 0.129 e. The minimum Gasteiger partial charge on any atom is -0.325 e. The standard InChI is InChI=1S/C6H16NSi/c1-5-7(6-2)8(3)4/h5-6H2,1-4H3. The fourth-order valence-corrected chi connectivity index (χ4v) is 2.12. The van der Waals surface area contributed by atoms with Gasteiger partial charge >= 0.3 is 0 Å². The molecule has 49 valence electrons. The molecular formula is C6H16NSi. The van der Waals surface area contributed by atoms with Gasteiger partial charge in [-0.1, -0.05) is 26.9 Å². The Morgan fingerprint density at radius 2 is 1.50 bits per heavy atom. The molecule has 0 bridgehead atoms. The first-order valence-electron chi connectivity index (χ1n) is 3.27. The summed E-state index contributed by atoms with van der Waals surface area (Å²) in [6, 6.07) is 0. The Morgan fingerprint density at radius 1 is 1.12 bits per heavy atom. The maximum Gasteiger partial charge on any atom is 0.129 e. The molecule has 0 rings (SSSR count). The maximum atomic E-state index is 2.52. The van der Waals surface area contributed by atoms with Gasteiger partial charge < -0.3 is 4.57 Å². The van der Waals surface area contributed by atoms with E-state index in [-0.39, 0.29) is 8.96 Å². The van der Waals surface area contributed by atoms with Crippen LogP contribution in [-0.4, -0.2) is 26.6 Å². The lowest BCUT2D eigenvalue weighted by Gasteiger charge is -2.20. The molecule has 0 unspecified atom stereocenters. The maximum absolute atomic E-state index is 2.52. The number of nitrogens with zero attached hydrogens (tertiary/aromatic N) is 1. The van der Waals surface area contributed by atoms with Gasteiger partial charge in [-0.25, -0.2) is 0 Å². The SMILES string of the molecule is CCN(CC)[Si](C)C. The molecule has 0 aliphatic rings. The molecule has 0 aliphatic heterocycles. The van der Waals surface area contributed by atoms with Gasteiger partial charge in [-0.15, -0.1) is 0 Å². The molecule has 0 aliphatic carbocycles. The Bertz CT molecular complexity index is 50.5. The van der Waals surface area contributed by atoms with E-state index in [1.165, 1.54) is 13.1 Å². The van der Waals surface area contributed by atoms with Crippen molar-refractivity contribution < 1.29 is 0 Å². The highest BCUT2D eigenvalue weighted by molar-refractivity contribution is 6.52. The molecule has 0 aromatic carbocycles. The highest BCUT2D eigenvalue weighted by Gasteiger charge is 2.03. The van der Waals surface area contributed by atoms with Gasteiger partial charge in [-0.05, 0) is 13.1 Å². The molecule has 0 spiro atoms. The van der Waals surface area contributed by atoms with E-state index >= 15 is 0 Å². The monoisotopic (exact) mass is 130 g/mol. The van der Waals surface area contributed by atoms with Crippen molar-refractivity contribution in [2.75, 3.05) is 13.1 Å². The van der Waals surface area contributed by atoms with Crippen LogP contribution < -0.4 is 0 Å². The van der Waals surface area contributed by atoms with Crippen LogP contribution in [0, 0.1) is 0 Å². The second kappa shape index (κ2) is 4.10. The van der Waals surface area contributed by atoms with E-state index in [0.29, 0.717) is 0 Å². The number of rotatable bonds is 3. The summed E-state index contributed by atoms with van der Waals surface area (Å²) < 4.78 is 2.52. The summed E-state index contributed by atoms with van der Waals surface area (Å²) >= 11 is 0. The Balaban J connectivity index is 3.35. The minimum absolute atomic E-state index is 0.141. The largest absolute Gasteiger partial charge is 0.325 e. The Hall–Kier alpha value is 0.177. The predicted molar refractivity (Wildman–Crippen MR) is 40.4 cm³/mol. The van der Waals surface area contributed by atoms with Crippen molar-refractivity contribution in [2.45, 2.75) is 26.9 Å². The van der Waals surface area contributed by atoms with Crippen molar-refractivity contribution in [1.29, 1.82) is 0 Å². The summed E-state index contributed by atoms with van der Waals surface area (Å²) in [4.78, 5) is 0. The third kappa shape index (κ3) is 2.48. The van der Waals surface area contributed by atoms with Crippen LogP contribution in [0.25, 0.3) is 0 Å². The van der Waals surface area contributed by atoms with Gasteiger partial charge in [-0.3, -0.25) is 0 Å². The van der Waals surface area contributed by atoms with Crippen molar-refractivity contribution in [3.63, 3.8) is 0 Å². The highest BCUT2D eigenvalue weighted by Crippen LogP contribution is 1.90. The minimum atomic E-state index is -0.141. The third-order valence-electron chi connectivity index (χ3n) is 1.40. The summed E-state index contributed by atoms with van der Waals surface area (Å²) in [5.74, 6) is 0. The van der Waals surface area contributed by atoms with Crippen LogP contribution in [0.1, 0.15) is 13.8 Å². The zero-order chi connectivity index (χ0) is 6.57. The van der Waals surface area contributed by atoms with Gasteiger partial charge in [0.1, 0.15) is 8.96 Å². The molecule has 0 heterocycles. The van der Waals surface area contributed by atoms with Gasteiger partial charge in [0.25, 0.3) is 0 Å². The zero-order valence-corrected chi connectivity index (χ0v) is 7.36. The van der Waals surface area contributed by atoms with Crippen molar-refractivity contribution in [1.82, 2.24) is 4.57 Å². The first-order valence-corrected chi connectivity index (χ1v) is 5.72. The van der Waals surface area contributed by atoms with Crippen LogP contribution in [0.2, 0.25) is 13.1 Å². The Morgan fingerprint density at radius 3 is 1.50 bits per heavy atom. The first-order chi connectivity index (χ1) is 3.72. The fourth-order valence-electron chi connectivity index (χ4n) is 0.856. The second-order valence-electron chi connectivity index (χ2n) is 2.12. The lowest BCUT2D eigenvalue weighted by molar-refractivity contribution is 0.484. The molecule has 0 saturated carbocycles. The van der Waals surface area contributed by atoms with Gasteiger partial charge in [0.2, 0.25) is 0 Å². The van der Waals surface area contributed by atoms with Crippen molar-refractivity contribution in [2.24, 2.45) is 0 Å². The van der Waals surface area contributed by atoms with E-state index in [4.69, 9.17) is 0 Å². The van der Waals surface area contributed by atoms with Crippen LogP contribution in [0.15, 0.2) is 0 Å². The average Bonchev–Trinajstić information content (AvgIpc) is 1.69. The van der Waals surface area contributed by atoms with Gasteiger partial charge in [0.15, 0.2) is 0 Å².